The molecule has 0 aromatic carbocycles. The first-order valence-electron chi connectivity index (χ1n) is 8.99. The minimum atomic E-state index is 0.0528. The van der Waals surface area contributed by atoms with Crippen molar-refractivity contribution in [3.05, 3.63) is 11.1 Å². The van der Waals surface area contributed by atoms with Gasteiger partial charge in [-0.2, -0.15) is 0 Å². The third-order valence-corrected chi connectivity index (χ3v) is 6.30. The summed E-state index contributed by atoms with van der Waals surface area (Å²) < 4.78 is 0. The Bertz CT molecular complexity index is 632. The number of hydrogen-bond acceptors (Lipinski definition) is 5. The molecule has 0 unspecified atom stereocenters. The highest BCUT2D eigenvalue weighted by atomic mass is 32.1. The molecule has 3 fully saturated rings. The Kier molecular flexibility index (Phi) is 4.54. The number of aromatic nitrogens is 1. The van der Waals surface area contributed by atoms with Crippen LogP contribution in [-0.4, -0.2) is 53.4 Å². The number of nitrogens with zero attached hydrogens (tertiary/aromatic N) is 3. The molecule has 3 aliphatic heterocycles. The molecule has 4 heterocycles. The molecule has 1 N–H and O–H groups in total. The molecule has 2 amide bonds. The fraction of sp³-hybridized carbons (Fsp3) is 0.706. The van der Waals surface area contributed by atoms with Crippen molar-refractivity contribution in [1.29, 1.82) is 0 Å². The molecule has 0 radical (unpaired) electrons. The molecular formula is C17H24N4O2S. The normalized spacial score (nSPS) is 27.5. The lowest BCUT2D eigenvalue weighted by Gasteiger charge is -2.32. The highest BCUT2D eigenvalue weighted by molar-refractivity contribution is 7.14. The zero-order chi connectivity index (χ0) is 16.5. The lowest BCUT2D eigenvalue weighted by atomic mass is 9.99. The van der Waals surface area contributed by atoms with E-state index in [4.69, 9.17) is 0 Å². The number of carbonyl (C=O) groups is 2. The van der Waals surface area contributed by atoms with Crippen molar-refractivity contribution in [2.24, 2.45) is 0 Å². The maximum atomic E-state index is 12.4. The smallest absolute Gasteiger partial charge is 0.228 e. The molecule has 0 aliphatic carbocycles. The Morgan fingerprint density at radius 2 is 2.17 bits per heavy atom. The maximum Gasteiger partial charge on any atom is 0.228 e. The van der Waals surface area contributed by atoms with E-state index in [1.54, 1.807) is 4.90 Å². The summed E-state index contributed by atoms with van der Waals surface area (Å²) >= 11 is 1.46. The van der Waals surface area contributed by atoms with Gasteiger partial charge in [0, 0.05) is 37.0 Å². The monoisotopic (exact) mass is 348 g/mol. The number of carbonyl (C=O) groups excluding carboxylic acids is 2. The van der Waals surface area contributed by atoms with Gasteiger partial charge in [0.05, 0.1) is 12.1 Å². The van der Waals surface area contributed by atoms with Crippen molar-refractivity contribution in [1.82, 2.24) is 15.2 Å². The molecule has 130 valence electrons. The van der Waals surface area contributed by atoms with Crippen LogP contribution in [0.1, 0.15) is 44.2 Å². The average Bonchev–Trinajstić information content (AvgIpc) is 3.28. The molecule has 6 nitrogen and oxygen atoms in total. The summed E-state index contributed by atoms with van der Waals surface area (Å²) in [6, 6.07) is 0.812. The second-order valence-electron chi connectivity index (χ2n) is 7.01. The SMILES string of the molecule is O=C(Cc1csc(N2CCCC2=O)n1)N[C@H]1CCN2CCCC[C@@H]12. The minimum Gasteiger partial charge on any atom is -0.351 e. The van der Waals surface area contributed by atoms with Gasteiger partial charge in [-0.3, -0.25) is 19.4 Å². The molecule has 0 saturated carbocycles. The lowest BCUT2D eigenvalue weighted by Crippen LogP contribution is -2.47. The highest BCUT2D eigenvalue weighted by Crippen LogP contribution is 2.28. The van der Waals surface area contributed by atoms with Crippen molar-refractivity contribution in [2.45, 2.75) is 57.0 Å². The van der Waals surface area contributed by atoms with Gasteiger partial charge < -0.3 is 5.32 Å². The van der Waals surface area contributed by atoms with Gasteiger partial charge >= 0.3 is 0 Å². The zero-order valence-electron chi connectivity index (χ0n) is 13.9. The van der Waals surface area contributed by atoms with Crippen LogP contribution in [0.3, 0.4) is 0 Å². The highest BCUT2D eigenvalue weighted by Gasteiger charge is 2.36. The summed E-state index contributed by atoms with van der Waals surface area (Å²) in [4.78, 5) is 32.9. The second-order valence-corrected chi connectivity index (χ2v) is 7.85. The number of thiazole rings is 1. The third-order valence-electron chi connectivity index (χ3n) is 5.39. The van der Waals surface area contributed by atoms with Gasteiger partial charge in [0.25, 0.3) is 0 Å². The largest absolute Gasteiger partial charge is 0.351 e. The standard InChI is InChI=1S/C17H24N4O2S/c22-15(19-13-6-9-20-7-2-1-4-14(13)20)10-12-11-24-17(18-12)21-8-3-5-16(21)23/h11,13-14H,1-10H2,(H,19,22)/t13-,14-/m0/s1. The third kappa shape index (κ3) is 3.19. The van der Waals surface area contributed by atoms with E-state index < -0.39 is 0 Å². The van der Waals surface area contributed by atoms with Crippen LogP contribution in [0.15, 0.2) is 5.38 Å². The number of amides is 2. The van der Waals surface area contributed by atoms with E-state index in [2.05, 4.69) is 15.2 Å². The summed E-state index contributed by atoms with van der Waals surface area (Å²) in [5.74, 6) is 0.195. The predicted octanol–water partition coefficient (Wildman–Crippen LogP) is 1.56. The van der Waals surface area contributed by atoms with Crippen LogP contribution in [0.2, 0.25) is 0 Å². The van der Waals surface area contributed by atoms with Gasteiger partial charge in [0.2, 0.25) is 11.8 Å². The average molecular weight is 348 g/mol. The van der Waals surface area contributed by atoms with Crippen LogP contribution in [0.4, 0.5) is 5.13 Å². The van der Waals surface area contributed by atoms with Crippen molar-refractivity contribution in [3.63, 3.8) is 0 Å². The van der Waals surface area contributed by atoms with Crippen LogP contribution in [-0.2, 0) is 16.0 Å². The number of rotatable bonds is 4. The van der Waals surface area contributed by atoms with E-state index in [0.717, 1.165) is 36.8 Å². The van der Waals surface area contributed by atoms with Crippen molar-refractivity contribution in [3.8, 4) is 0 Å². The van der Waals surface area contributed by atoms with Gasteiger partial charge in [-0.15, -0.1) is 11.3 Å². The van der Waals surface area contributed by atoms with E-state index in [1.807, 2.05) is 5.38 Å². The number of nitrogens with one attached hydrogen (secondary N) is 1. The summed E-state index contributed by atoms with van der Waals surface area (Å²) in [6.07, 6.45) is 6.62. The Labute approximate surface area is 146 Å². The predicted molar refractivity (Wildman–Crippen MR) is 93.2 cm³/mol. The summed E-state index contributed by atoms with van der Waals surface area (Å²) in [5.41, 5.74) is 0.769. The molecule has 3 aliphatic rings. The summed E-state index contributed by atoms with van der Waals surface area (Å²) in [7, 11) is 0. The zero-order valence-corrected chi connectivity index (χ0v) is 14.7. The Morgan fingerprint density at radius 3 is 3.00 bits per heavy atom. The first-order chi connectivity index (χ1) is 11.7. The Hall–Kier alpha value is -1.47. The van der Waals surface area contributed by atoms with E-state index in [-0.39, 0.29) is 17.9 Å². The van der Waals surface area contributed by atoms with E-state index in [0.29, 0.717) is 18.9 Å². The molecule has 4 rings (SSSR count). The Morgan fingerprint density at radius 1 is 1.25 bits per heavy atom. The maximum absolute atomic E-state index is 12.4. The van der Waals surface area contributed by atoms with Crippen LogP contribution in [0.25, 0.3) is 0 Å². The van der Waals surface area contributed by atoms with Crippen LogP contribution in [0, 0.1) is 0 Å². The van der Waals surface area contributed by atoms with E-state index in [9.17, 15) is 9.59 Å². The minimum absolute atomic E-state index is 0.0528. The van der Waals surface area contributed by atoms with Crippen molar-refractivity contribution in [2.75, 3.05) is 24.5 Å². The molecule has 24 heavy (non-hydrogen) atoms. The fourth-order valence-corrected chi connectivity index (χ4v) is 5.06. The topological polar surface area (TPSA) is 65.5 Å². The molecule has 0 bridgehead atoms. The quantitative estimate of drug-likeness (QED) is 0.897. The van der Waals surface area contributed by atoms with Gasteiger partial charge in [-0.05, 0) is 32.2 Å². The molecule has 0 spiro atoms. The van der Waals surface area contributed by atoms with Gasteiger partial charge in [0.1, 0.15) is 0 Å². The first kappa shape index (κ1) is 16.0. The molecule has 2 atom stereocenters. The van der Waals surface area contributed by atoms with Crippen LogP contribution in [0.5, 0.6) is 0 Å². The molecule has 7 heteroatoms. The number of hydrogen-bond donors (Lipinski definition) is 1. The number of anilines is 1. The van der Waals surface area contributed by atoms with Crippen molar-refractivity contribution >= 4 is 28.3 Å². The molecule has 3 saturated heterocycles. The molecule has 1 aromatic rings. The number of fused-ring (bicyclic) bond motifs is 1. The summed E-state index contributed by atoms with van der Waals surface area (Å²) in [6.45, 7) is 3.03. The van der Waals surface area contributed by atoms with E-state index >= 15 is 0 Å². The first-order valence-corrected chi connectivity index (χ1v) is 9.87. The van der Waals surface area contributed by atoms with Crippen LogP contribution >= 0.6 is 11.3 Å². The van der Waals surface area contributed by atoms with E-state index in [1.165, 1.54) is 37.1 Å². The lowest BCUT2D eigenvalue weighted by molar-refractivity contribution is -0.121. The molecular weight excluding hydrogens is 324 g/mol. The number of piperidine rings is 1. The van der Waals surface area contributed by atoms with Gasteiger partial charge in [-0.1, -0.05) is 6.42 Å². The Balaban J connectivity index is 1.33. The fourth-order valence-electron chi connectivity index (χ4n) is 4.19. The van der Waals surface area contributed by atoms with Crippen molar-refractivity contribution < 1.29 is 9.59 Å². The van der Waals surface area contributed by atoms with Gasteiger partial charge in [-0.25, -0.2) is 4.98 Å². The molecule has 1 aromatic heterocycles. The second kappa shape index (κ2) is 6.80. The van der Waals surface area contributed by atoms with Gasteiger partial charge in [0.15, 0.2) is 5.13 Å². The summed E-state index contributed by atoms with van der Waals surface area (Å²) in [5, 5.41) is 5.86. The van der Waals surface area contributed by atoms with Crippen LogP contribution < -0.4 is 10.2 Å².